The minimum absolute atomic E-state index is 0.741. The van der Waals surface area contributed by atoms with Crippen molar-refractivity contribution in [1.29, 1.82) is 0 Å². The monoisotopic (exact) mass is 243 g/mol. The lowest BCUT2D eigenvalue weighted by Gasteiger charge is -2.20. The van der Waals surface area contributed by atoms with E-state index in [1.807, 2.05) is 0 Å². The van der Waals surface area contributed by atoms with Crippen molar-refractivity contribution in [2.75, 3.05) is 6.54 Å². The lowest BCUT2D eigenvalue weighted by atomic mass is 9.97. The summed E-state index contributed by atoms with van der Waals surface area (Å²) < 4.78 is 0. The molecule has 1 fully saturated rings. The largest absolute Gasteiger partial charge is 0.311 e. The van der Waals surface area contributed by atoms with E-state index in [9.17, 15) is 0 Å². The Morgan fingerprint density at radius 1 is 0.944 bits per heavy atom. The molecule has 98 valence electrons. The first-order valence-corrected chi connectivity index (χ1v) is 7.40. The fourth-order valence-electron chi connectivity index (χ4n) is 2.65. The molecule has 1 nitrogen and oxygen atoms in total. The minimum Gasteiger partial charge on any atom is -0.311 e. The summed E-state index contributed by atoms with van der Waals surface area (Å²) in [4.78, 5) is 0. The van der Waals surface area contributed by atoms with Gasteiger partial charge in [0.25, 0.3) is 0 Å². The molecular formula is C17H25N. The molecular weight excluding hydrogens is 218 g/mol. The Labute approximate surface area is 111 Å². The third-order valence-corrected chi connectivity index (χ3v) is 3.74. The third-order valence-electron chi connectivity index (χ3n) is 3.74. The zero-order chi connectivity index (χ0) is 12.5. The van der Waals surface area contributed by atoms with Crippen molar-refractivity contribution in [2.45, 2.75) is 51.0 Å². The Morgan fingerprint density at radius 2 is 1.61 bits per heavy atom. The van der Waals surface area contributed by atoms with Gasteiger partial charge in [0.1, 0.15) is 0 Å². The van der Waals surface area contributed by atoms with Gasteiger partial charge in [-0.05, 0) is 18.4 Å². The lowest BCUT2D eigenvalue weighted by molar-refractivity contribution is 0.401. The molecule has 18 heavy (non-hydrogen) atoms. The Kier molecular flexibility index (Phi) is 6.01. The van der Waals surface area contributed by atoms with Gasteiger partial charge in [0.05, 0.1) is 0 Å². The van der Waals surface area contributed by atoms with Crippen molar-refractivity contribution >= 4 is 6.08 Å². The molecule has 0 amide bonds. The van der Waals surface area contributed by atoms with E-state index in [0.29, 0.717) is 0 Å². The summed E-state index contributed by atoms with van der Waals surface area (Å²) in [6, 6.07) is 11.3. The van der Waals surface area contributed by atoms with Crippen molar-refractivity contribution in [3.8, 4) is 0 Å². The van der Waals surface area contributed by atoms with Crippen LogP contribution in [0.1, 0.15) is 50.5 Å². The lowest BCUT2D eigenvalue weighted by Crippen LogP contribution is -2.29. The van der Waals surface area contributed by atoms with Crippen LogP contribution < -0.4 is 5.32 Å². The van der Waals surface area contributed by atoms with Crippen molar-refractivity contribution in [3.63, 3.8) is 0 Å². The summed E-state index contributed by atoms with van der Waals surface area (Å²) in [6.07, 6.45) is 14.3. The number of benzene rings is 1. The van der Waals surface area contributed by atoms with Crippen LogP contribution in [0.4, 0.5) is 0 Å². The van der Waals surface area contributed by atoms with E-state index < -0.39 is 0 Å². The van der Waals surface area contributed by atoms with Crippen molar-refractivity contribution in [2.24, 2.45) is 0 Å². The number of rotatable bonds is 4. The second-order valence-corrected chi connectivity index (χ2v) is 5.26. The first-order chi connectivity index (χ1) is 8.95. The molecule has 1 aliphatic rings. The summed E-state index contributed by atoms with van der Waals surface area (Å²) >= 11 is 0. The highest BCUT2D eigenvalue weighted by Gasteiger charge is 2.09. The van der Waals surface area contributed by atoms with E-state index in [1.54, 1.807) is 0 Å². The molecule has 0 aliphatic heterocycles. The van der Waals surface area contributed by atoms with E-state index >= 15 is 0 Å². The van der Waals surface area contributed by atoms with Gasteiger partial charge in [0.2, 0.25) is 0 Å². The van der Waals surface area contributed by atoms with Gasteiger partial charge >= 0.3 is 0 Å². The average Bonchev–Trinajstić information content (AvgIpc) is 2.38. The molecule has 1 aromatic carbocycles. The second kappa shape index (κ2) is 8.10. The van der Waals surface area contributed by atoms with Crippen LogP contribution in [0.5, 0.6) is 0 Å². The molecule has 1 saturated carbocycles. The van der Waals surface area contributed by atoms with Gasteiger partial charge in [0.15, 0.2) is 0 Å². The average molecular weight is 243 g/mol. The molecule has 0 unspecified atom stereocenters. The smallest absolute Gasteiger partial charge is 0.0140 e. The summed E-state index contributed by atoms with van der Waals surface area (Å²) in [6.45, 7) is 1.000. The summed E-state index contributed by atoms with van der Waals surface area (Å²) in [5, 5.41) is 3.67. The fraction of sp³-hybridized carbons (Fsp3) is 0.529. The van der Waals surface area contributed by atoms with Crippen molar-refractivity contribution in [3.05, 3.63) is 42.0 Å². The zero-order valence-electron chi connectivity index (χ0n) is 11.3. The predicted molar refractivity (Wildman–Crippen MR) is 79.6 cm³/mol. The van der Waals surface area contributed by atoms with Gasteiger partial charge in [-0.15, -0.1) is 0 Å². The molecule has 0 saturated heterocycles. The van der Waals surface area contributed by atoms with Gasteiger partial charge in [0, 0.05) is 12.6 Å². The highest BCUT2D eigenvalue weighted by Crippen LogP contribution is 2.16. The molecule has 1 N–H and O–H groups in total. The topological polar surface area (TPSA) is 12.0 Å². The second-order valence-electron chi connectivity index (χ2n) is 5.26. The first kappa shape index (κ1) is 13.4. The molecule has 1 aliphatic carbocycles. The number of hydrogen-bond acceptors (Lipinski definition) is 1. The molecule has 0 atom stereocenters. The van der Waals surface area contributed by atoms with Gasteiger partial charge in [-0.1, -0.05) is 74.6 Å². The van der Waals surface area contributed by atoms with Crippen LogP contribution in [0.3, 0.4) is 0 Å². The van der Waals surface area contributed by atoms with Gasteiger partial charge in [-0.3, -0.25) is 0 Å². The van der Waals surface area contributed by atoms with E-state index in [4.69, 9.17) is 0 Å². The Morgan fingerprint density at radius 3 is 2.33 bits per heavy atom. The Bertz CT molecular complexity index is 334. The van der Waals surface area contributed by atoms with Crippen LogP contribution in [0.25, 0.3) is 6.08 Å². The molecule has 2 rings (SSSR count). The minimum atomic E-state index is 0.741. The van der Waals surface area contributed by atoms with Crippen LogP contribution in [0.2, 0.25) is 0 Å². The normalized spacial score (nSPS) is 18.7. The maximum atomic E-state index is 3.67. The summed E-state index contributed by atoms with van der Waals surface area (Å²) in [7, 11) is 0. The van der Waals surface area contributed by atoms with E-state index in [0.717, 1.165) is 12.6 Å². The van der Waals surface area contributed by atoms with Crippen LogP contribution in [-0.2, 0) is 0 Å². The number of nitrogens with one attached hydrogen (secondary N) is 1. The standard InChI is InChI=1S/C17H25N/c1-2-7-13-17(14-8-3-1)18-15-9-12-16-10-5-4-6-11-16/h4-6,9-12,17-18H,1-3,7-8,13-15H2. The maximum absolute atomic E-state index is 3.67. The quantitative estimate of drug-likeness (QED) is 0.826. The highest BCUT2D eigenvalue weighted by atomic mass is 14.9. The molecule has 1 aromatic rings. The van der Waals surface area contributed by atoms with Crippen molar-refractivity contribution < 1.29 is 0 Å². The molecule has 0 heterocycles. The number of hydrogen-bond donors (Lipinski definition) is 1. The van der Waals surface area contributed by atoms with Gasteiger partial charge in [-0.2, -0.15) is 0 Å². The highest BCUT2D eigenvalue weighted by molar-refractivity contribution is 5.48. The zero-order valence-corrected chi connectivity index (χ0v) is 11.3. The fourth-order valence-corrected chi connectivity index (χ4v) is 2.65. The molecule has 0 aromatic heterocycles. The van der Waals surface area contributed by atoms with Gasteiger partial charge < -0.3 is 5.32 Å². The Balaban J connectivity index is 1.69. The molecule has 1 heteroatoms. The van der Waals surface area contributed by atoms with E-state index in [-0.39, 0.29) is 0 Å². The van der Waals surface area contributed by atoms with E-state index in [1.165, 1.54) is 50.5 Å². The van der Waals surface area contributed by atoms with Crippen LogP contribution in [0.15, 0.2) is 36.4 Å². The molecule has 0 bridgehead atoms. The van der Waals surface area contributed by atoms with Crippen molar-refractivity contribution in [1.82, 2.24) is 5.32 Å². The molecule has 0 spiro atoms. The Hall–Kier alpha value is -1.08. The first-order valence-electron chi connectivity index (χ1n) is 7.40. The maximum Gasteiger partial charge on any atom is 0.0140 e. The van der Waals surface area contributed by atoms with Crippen LogP contribution >= 0.6 is 0 Å². The third kappa shape index (κ3) is 5.05. The van der Waals surface area contributed by atoms with Crippen LogP contribution in [0, 0.1) is 0 Å². The predicted octanol–water partition coefficient (Wildman–Crippen LogP) is 4.40. The SMILES string of the molecule is C(=Cc1ccccc1)CNC1CCCCCCC1. The van der Waals surface area contributed by atoms with Gasteiger partial charge in [-0.25, -0.2) is 0 Å². The van der Waals surface area contributed by atoms with E-state index in [2.05, 4.69) is 47.8 Å². The van der Waals surface area contributed by atoms with Crippen LogP contribution in [-0.4, -0.2) is 12.6 Å². The molecule has 0 radical (unpaired) electrons. The summed E-state index contributed by atoms with van der Waals surface area (Å²) in [5.41, 5.74) is 1.29. The summed E-state index contributed by atoms with van der Waals surface area (Å²) in [5.74, 6) is 0.